The van der Waals surface area contributed by atoms with Gasteiger partial charge in [-0.1, -0.05) is 36.8 Å². The van der Waals surface area contributed by atoms with Crippen LogP contribution in [0.25, 0.3) is 0 Å². The Morgan fingerprint density at radius 1 is 1.22 bits per heavy atom. The lowest BCUT2D eigenvalue weighted by molar-refractivity contribution is 0.276. The van der Waals surface area contributed by atoms with Crippen LogP contribution in [0, 0.1) is 23.2 Å². The fourth-order valence-corrected chi connectivity index (χ4v) is 3.86. The van der Waals surface area contributed by atoms with E-state index in [9.17, 15) is 0 Å². The fraction of sp³-hybridized carbons (Fsp3) is 0.562. The number of hydrogen-bond acceptors (Lipinski definition) is 1. The zero-order valence-electron chi connectivity index (χ0n) is 11.1. The standard InChI is InChI=1S/C16H22N2/c1-18(16(17)13-5-3-2-4-6-13)11-15-10-12-7-8-14(15)9-12/h2-6,12,14-15,17H,7-11H2,1H3. The third kappa shape index (κ3) is 2.16. The summed E-state index contributed by atoms with van der Waals surface area (Å²) in [7, 11) is 2.07. The lowest BCUT2D eigenvalue weighted by Crippen LogP contribution is -2.33. The maximum Gasteiger partial charge on any atom is 0.127 e. The van der Waals surface area contributed by atoms with Gasteiger partial charge in [0.15, 0.2) is 0 Å². The van der Waals surface area contributed by atoms with Crippen molar-refractivity contribution in [2.24, 2.45) is 17.8 Å². The summed E-state index contributed by atoms with van der Waals surface area (Å²) in [4.78, 5) is 2.14. The molecule has 1 aromatic carbocycles. The zero-order chi connectivity index (χ0) is 12.5. The SMILES string of the molecule is CN(CC1CC2CCC1C2)C(=N)c1ccccc1. The quantitative estimate of drug-likeness (QED) is 0.638. The molecule has 0 heterocycles. The molecule has 2 saturated carbocycles. The van der Waals surface area contributed by atoms with Gasteiger partial charge < -0.3 is 4.90 Å². The molecule has 18 heavy (non-hydrogen) atoms. The molecule has 2 heteroatoms. The van der Waals surface area contributed by atoms with Crippen molar-refractivity contribution in [2.75, 3.05) is 13.6 Å². The van der Waals surface area contributed by atoms with Gasteiger partial charge in [-0.2, -0.15) is 0 Å². The molecular formula is C16H22N2. The molecule has 0 spiro atoms. The van der Waals surface area contributed by atoms with Crippen LogP contribution >= 0.6 is 0 Å². The van der Waals surface area contributed by atoms with Crippen LogP contribution in [-0.4, -0.2) is 24.3 Å². The Morgan fingerprint density at radius 3 is 2.61 bits per heavy atom. The number of nitrogens with one attached hydrogen (secondary N) is 1. The van der Waals surface area contributed by atoms with Gasteiger partial charge in [0.1, 0.15) is 5.84 Å². The first kappa shape index (κ1) is 11.8. The number of benzene rings is 1. The Bertz CT molecular complexity index is 426. The highest BCUT2D eigenvalue weighted by Crippen LogP contribution is 2.48. The molecule has 1 aromatic rings. The molecular weight excluding hydrogens is 220 g/mol. The molecule has 2 nitrogen and oxygen atoms in total. The van der Waals surface area contributed by atoms with Gasteiger partial charge in [0, 0.05) is 19.2 Å². The summed E-state index contributed by atoms with van der Waals surface area (Å²) in [6, 6.07) is 10.1. The molecule has 0 amide bonds. The molecule has 1 N–H and O–H groups in total. The van der Waals surface area contributed by atoms with Crippen LogP contribution in [0.1, 0.15) is 31.2 Å². The Balaban J connectivity index is 1.62. The minimum Gasteiger partial charge on any atom is -0.359 e. The van der Waals surface area contributed by atoms with Crippen molar-refractivity contribution in [1.82, 2.24) is 4.90 Å². The first-order chi connectivity index (χ1) is 8.74. The summed E-state index contributed by atoms with van der Waals surface area (Å²) >= 11 is 0. The topological polar surface area (TPSA) is 27.1 Å². The van der Waals surface area contributed by atoms with Crippen LogP contribution in [0.2, 0.25) is 0 Å². The van der Waals surface area contributed by atoms with Crippen molar-refractivity contribution in [2.45, 2.75) is 25.7 Å². The van der Waals surface area contributed by atoms with Crippen LogP contribution in [-0.2, 0) is 0 Å². The molecule has 2 fully saturated rings. The molecule has 0 aromatic heterocycles. The summed E-state index contributed by atoms with van der Waals surface area (Å²) in [5.41, 5.74) is 1.03. The van der Waals surface area contributed by atoms with Crippen LogP contribution in [0.15, 0.2) is 30.3 Å². The molecule has 2 bridgehead atoms. The van der Waals surface area contributed by atoms with E-state index in [4.69, 9.17) is 5.41 Å². The second-order valence-electron chi connectivity index (χ2n) is 6.03. The van der Waals surface area contributed by atoms with Gasteiger partial charge in [0.2, 0.25) is 0 Å². The molecule has 0 aliphatic heterocycles. The molecule has 2 aliphatic rings. The maximum absolute atomic E-state index is 8.26. The Hall–Kier alpha value is -1.31. The van der Waals surface area contributed by atoms with Gasteiger partial charge in [-0.05, 0) is 37.0 Å². The van der Waals surface area contributed by atoms with Crippen molar-refractivity contribution < 1.29 is 0 Å². The third-order valence-corrected chi connectivity index (χ3v) is 4.82. The van der Waals surface area contributed by atoms with E-state index in [1.807, 2.05) is 30.3 Å². The van der Waals surface area contributed by atoms with Crippen molar-refractivity contribution in [3.8, 4) is 0 Å². The summed E-state index contributed by atoms with van der Waals surface area (Å²) in [6.45, 7) is 1.06. The average molecular weight is 242 g/mol. The van der Waals surface area contributed by atoms with E-state index in [0.29, 0.717) is 5.84 Å². The van der Waals surface area contributed by atoms with E-state index in [1.54, 1.807) is 0 Å². The van der Waals surface area contributed by atoms with Gasteiger partial charge in [0.05, 0.1) is 0 Å². The van der Waals surface area contributed by atoms with Gasteiger partial charge in [-0.15, -0.1) is 0 Å². The summed E-state index contributed by atoms with van der Waals surface area (Å²) in [5, 5.41) is 8.26. The summed E-state index contributed by atoms with van der Waals surface area (Å²) in [5.74, 6) is 3.44. The van der Waals surface area contributed by atoms with E-state index in [-0.39, 0.29) is 0 Å². The number of hydrogen-bond donors (Lipinski definition) is 1. The third-order valence-electron chi connectivity index (χ3n) is 4.82. The number of amidine groups is 1. The second-order valence-corrected chi connectivity index (χ2v) is 6.03. The van der Waals surface area contributed by atoms with Crippen molar-refractivity contribution in [1.29, 1.82) is 5.41 Å². The van der Waals surface area contributed by atoms with E-state index < -0.39 is 0 Å². The number of nitrogens with zero attached hydrogens (tertiary/aromatic N) is 1. The van der Waals surface area contributed by atoms with Gasteiger partial charge in [-0.3, -0.25) is 5.41 Å². The van der Waals surface area contributed by atoms with Crippen LogP contribution < -0.4 is 0 Å². The second kappa shape index (κ2) is 4.75. The van der Waals surface area contributed by atoms with Crippen molar-refractivity contribution in [3.05, 3.63) is 35.9 Å². The highest BCUT2D eigenvalue weighted by molar-refractivity contribution is 5.96. The lowest BCUT2D eigenvalue weighted by Gasteiger charge is -2.28. The van der Waals surface area contributed by atoms with E-state index in [0.717, 1.165) is 29.9 Å². The van der Waals surface area contributed by atoms with Crippen molar-refractivity contribution in [3.63, 3.8) is 0 Å². The van der Waals surface area contributed by atoms with Crippen LogP contribution in [0.4, 0.5) is 0 Å². The molecule has 0 saturated heterocycles. The van der Waals surface area contributed by atoms with Gasteiger partial charge in [-0.25, -0.2) is 0 Å². The highest BCUT2D eigenvalue weighted by atomic mass is 15.1. The smallest absolute Gasteiger partial charge is 0.127 e. The molecule has 3 unspecified atom stereocenters. The molecule has 3 atom stereocenters. The Kier molecular flexibility index (Phi) is 3.11. The predicted octanol–water partition coefficient (Wildman–Crippen LogP) is 3.38. The predicted molar refractivity (Wildman–Crippen MR) is 74.8 cm³/mol. The number of rotatable bonds is 3. The highest BCUT2D eigenvalue weighted by Gasteiger charge is 2.39. The monoisotopic (exact) mass is 242 g/mol. The largest absolute Gasteiger partial charge is 0.359 e. The summed E-state index contributed by atoms with van der Waals surface area (Å²) < 4.78 is 0. The molecule has 0 radical (unpaired) electrons. The maximum atomic E-state index is 8.26. The van der Waals surface area contributed by atoms with Gasteiger partial charge in [0.25, 0.3) is 0 Å². The van der Waals surface area contributed by atoms with E-state index in [2.05, 4.69) is 11.9 Å². The first-order valence-electron chi connectivity index (χ1n) is 7.09. The Labute approximate surface area is 110 Å². The molecule has 96 valence electrons. The Morgan fingerprint density at radius 2 is 2.00 bits per heavy atom. The van der Waals surface area contributed by atoms with Crippen molar-refractivity contribution >= 4 is 5.84 Å². The zero-order valence-corrected chi connectivity index (χ0v) is 11.1. The fourth-order valence-electron chi connectivity index (χ4n) is 3.86. The molecule has 2 aliphatic carbocycles. The lowest BCUT2D eigenvalue weighted by atomic mass is 9.88. The summed E-state index contributed by atoms with van der Waals surface area (Å²) in [6.07, 6.45) is 5.75. The van der Waals surface area contributed by atoms with E-state index in [1.165, 1.54) is 25.7 Å². The number of fused-ring (bicyclic) bond motifs is 2. The minimum atomic E-state index is 0.665. The molecule has 3 rings (SSSR count). The van der Waals surface area contributed by atoms with Crippen LogP contribution in [0.5, 0.6) is 0 Å². The normalized spacial score (nSPS) is 29.5. The van der Waals surface area contributed by atoms with Gasteiger partial charge >= 0.3 is 0 Å². The first-order valence-corrected chi connectivity index (χ1v) is 7.09. The van der Waals surface area contributed by atoms with Crippen LogP contribution in [0.3, 0.4) is 0 Å². The van der Waals surface area contributed by atoms with E-state index >= 15 is 0 Å². The average Bonchev–Trinajstić information content (AvgIpc) is 3.01. The minimum absolute atomic E-state index is 0.665.